The number of rotatable bonds is 4. The zero-order valence-corrected chi connectivity index (χ0v) is 15.0. The van der Waals surface area contributed by atoms with Gasteiger partial charge < -0.3 is 14.9 Å². The summed E-state index contributed by atoms with van der Waals surface area (Å²) in [7, 11) is 0. The number of likely N-dealkylation sites (tertiary alicyclic amines) is 2. The van der Waals surface area contributed by atoms with Crippen LogP contribution in [-0.4, -0.2) is 59.5 Å². The zero-order chi connectivity index (χ0) is 17.9. The molecule has 2 fully saturated rings. The number of nitrogens with zero attached hydrogens (tertiary/aromatic N) is 2. The summed E-state index contributed by atoms with van der Waals surface area (Å²) in [6.07, 6.45) is 3.86. The fourth-order valence-corrected chi connectivity index (χ4v) is 4.17. The van der Waals surface area contributed by atoms with Gasteiger partial charge in [-0.25, -0.2) is 0 Å². The lowest BCUT2D eigenvalue weighted by atomic mass is 9.73. The molecule has 5 heteroatoms. The van der Waals surface area contributed by atoms with E-state index in [9.17, 15) is 14.7 Å². The minimum atomic E-state index is -0.00209. The van der Waals surface area contributed by atoms with Crippen LogP contribution in [-0.2, 0) is 16.0 Å². The SMILES string of the molecule is Cc1ccc(CC(=O)N2CCCC3(CCC(=O)N(CCO)C3)C2)cc1. The average molecular weight is 344 g/mol. The van der Waals surface area contributed by atoms with Gasteiger partial charge in [0.2, 0.25) is 11.8 Å². The van der Waals surface area contributed by atoms with Crippen molar-refractivity contribution in [3.8, 4) is 0 Å². The molecule has 1 N–H and O–H groups in total. The molecule has 2 heterocycles. The molecule has 1 aromatic rings. The highest BCUT2D eigenvalue weighted by Gasteiger charge is 2.42. The van der Waals surface area contributed by atoms with Gasteiger partial charge in [0.15, 0.2) is 0 Å². The van der Waals surface area contributed by atoms with Crippen LogP contribution in [0.25, 0.3) is 0 Å². The van der Waals surface area contributed by atoms with Crippen LogP contribution < -0.4 is 0 Å². The lowest BCUT2D eigenvalue weighted by Crippen LogP contribution is -2.55. The van der Waals surface area contributed by atoms with Gasteiger partial charge in [0.05, 0.1) is 13.0 Å². The molecule has 3 rings (SSSR count). The number of aliphatic hydroxyl groups is 1. The van der Waals surface area contributed by atoms with Gasteiger partial charge in [0.25, 0.3) is 0 Å². The Labute approximate surface area is 149 Å². The molecule has 0 radical (unpaired) electrons. The van der Waals surface area contributed by atoms with Crippen LogP contribution in [0.15, 0.2) is 24.3 Å². The molecule has 1 unspecified atom stereocenters. The summed E-state index contributed by atoms with van der Waals surface area (Å²) in [4.78, 5) is 28.5. The number of hydrogen-bond acceptors (Lipinski definition) is 3. The molecule has 136 valence electrons. The molecule has 2 aliphatic heterocycles. The van der Waals surface area contributed by atoms with E-state index in [1.165, 1.54) is 5.56 Å². The van der Waals surface area contributed by atoms with Gasteiger partial charge in [-0.2, -0.15) is 0 Å². The predicted octanol–water partition coefficient (Wildman–Crippen LogP) is 1.76. The third-order valence-corrected chi connectivity index (χ3v) is 5.61. The lowest BCUT2D eigenvalue weighted by molar-refractivity contribution is -0.143. The van der Waals surface area contributed by atoms with Crippen LogP contribution in [0, 0.1) is 12.3 Å². The topological polar surface area (TPSA) is 60.9 Å². The average Bonchev–Trinajstić information content (AvgIpc) is 2.61. The van der Waals surface area contributed by atoms with Crippen molar-refractivity contribution in [3.63, 3.8) is 0 Å². The van der Waals surface area contributed by atoms with Gasteiger partial charge in [-0.05, 0) is 31.7 Å². The van der Waals surface area contributed by atoms with Crippen LogP contribution in [0.1, 0.15) is 36.8 Å². The van der Waals surface area contributed by atoms with Crippen molar-refractivity contribution >= 4 is 11.8 Å². The largest absolute Gasteiger partial charge is 0.395 e. The van der Waals surface area contributed by atoms with Crippen molar-refractivity contribution in [3.05, 3.63) is 35.4 Å². The molecule has 0 saturated carbocycles. The van der Waals surface area contributed by atoms with Gasteiger partial charge in [-0.15, -0.1) is 0 Å². The Balaban J connectivity index is 1.64. The number of piperidine rings is 2. The first-order valence-corrected chi connectivity index (χ1v) is 9.23. The monoisotopic (exact) mass is 344 g/mol. The van der Waals surface area contributed by atoms with Crippen molar-refractivity contribution in [1.82, 2.24) is 9.80 Å². The summed E-state index contributed by atoms with van der Waals surface area (Å²) in [5.74, 6) is 0.302. The number of aryl methyl sites for hydroxylation is 1. The predicted molar refractivity (Wildman–Crippen MR) is 96.0 cm³/mol. The molecule has 2 aliphatic rings. The molecular weight excluding hydrogens is 316 g/mol. The van der Waals surface area contributed by atoms with E-state index in [-0.39, 0.29) is 23.8 Å². The number of carbonyl (C=O) groups excluding carboxylic acids is 2. The van der Waals surface area contributed by atoms with Gasteiger partial charge in [0, 0.05) is 38.0 Å². The molecule has 0 aliphatic carbocycles. The Kier molecular flexibility index (Phi) is 5.42. The highest BCUT2D eigenvalue weighted by molar-refractivity contribution is 5.79. The number of benzene rings is 1. The number of hydrogen-bond donors (Lipinski definition) is 1. The van der Waals surface area contributed by atoms with Crippen LogP contribution in [0.2, 0.25) is 0 Å². The van der Waals surface area contributed by atoms with E-state index in [4.69, 9.17) is 0 Å². The van der Waals surface area contributed by atoms with E-state index >= 15 is 0 Å². The first kappa shape index (κ1) is 17.9. The van der Waals surface area contributed by atoms with Crippen molar-refractivity contribution in [2.75, 3.05) is 32.8 Å². The highest BCUT2D eigenvalue weighted by atomic mass is 16.3. The van der Waals surface area contributed by atoms with Gasteiger partial charge in [-0.1, -0.05) is 29.8 Å². The van der Waals surface area contributed by atoms with Crippen molar-refractivity contribution < 1.29 is 14.7 Å². The minimum Gasteiger partial charge on any atom is -0.395 e. The molecule has 1 aromatic carbocycles. The first-order chi connectivity index (χ1) is 12.0. The van der Waals surface area contributed by atoms with Crippen LogP contribution in [0.5, 0.6) is 0 Å². The Morgan fingerprint density at radius 1 is 1.20 bits per heavy atom. The molecule has 1 spiro atoms. The third kappa shape index (κ3) is 4.21. The second-order valence-corrected chi connectivity index (χ2v) is 7.62. The second kappa shape index (κ2) is 7.56. The second-order valence-electron chi connectivity index (χ2n) is 7.62. The highest BCUT2D eigenvalue weighted by Crippen LogP contribution is 2.38. The van der Waals surface area contributed by atoms with Crippen LogP contribution >= 0.6 is 0 Å². The lowest BCUT2D eigenvalue weighted by Gasteiger charge is -2.48. The van der Waals surface area contributed by atoms with Gasteiger partial charge >= 0.3 is 0 Å². The summed E-state index contributed by atoms with van der Waals surface area (Å²) >= 11 is 0. The third-order valence-electron chi connectivity index (χ3n) is 5.61. The Morgan fingerprint density at radius 2 is 1.96 bits per heavy atom. The summed E-state index contributed by atoms with van der Waals surface area (Å²) in [6, 6.07) is 8.13. The van der Waals surface area contributed by atoms with E-state index in [2.05, 4.69) is 0 Å². The summed E-state index contributed by atoms with van der Waals surface area (Å²) in [6.45, 7) is 4.65. The summed E-state index contributed by atoms with van der Waals surface area (Å²) < 4.78 is 0. The number of carbonyl (C=O) groups is 2. The van der Waals surface area contributed by atoms with E-state index < -0.39 is 0 Å². The maximum Gasteiger partial charge on any atom is 0.227 e. The van der Waals surface area contributed by atoms with Crippen molar-refractivity contribution in [2.45, 2.75) is 39.0 Å². The summed E-state index contributed by atoms with van der Waals surface area (Å²) in [5, 5.41) is 9.19. The molecular formula is C20H28N2O3. The molecule has 2 amide bonds. The molecule has 0 aromatic heterocycles. The normalized spacial score (nSPS) is 24.0. The van der Waals surface area contributed by atoms with E-state index in [0.717, 1.165) is 37.9 Å². The summed E-state index contributed by atoms with van der Waals surface area (Å²) in [5.41, 5.74) is 2.25. The Hall–Kier alpha value is -1.88. The molecule has 0 bridgehead atoms. The van der Waals surface area contributed by atoms with E-state index in [1.54, 1.807) is 4.90 Å². The molecule has 2 saturated heterocycles. The fourth-order valence-electron chi connectivity index (χ4n) is 4.17. The van der Waals surface area contributed by atoms with Crippen LogP contribution in [0.4, 0.5) is 0 Å². The fraction of sp³-hybridized carbons (Fsp3) is 0.600. The first-order valence-electron chi connectivity index (χ1n) is 9.23. The number of aliphatic hydroxyl groups excluding tert-OH is 1. The Bertz CT molecular complexity index is 628. The molecule has 5 nitrogen and oxygen atoms in total. The quantitative estimate of drug-likeness (QED) is 0.905. The van der Waals surface area contributed by atoms with Gasteiger partial charge in [0.1, 0.15) is 0 Å². The van der Waals surface area contributed by atoms with E-state index in [1.807, 2.05) is 36.1 Å². The minimum absolute atomic E-state index is 0.00209. The van der Waals surface area contributed by atoms with Crippen LogP contribution in [0.3, 0.4) is 0 Å². The Morgan fingerprint density at radius 3 is 2.68 bits per heavy atom. The standard InChI is InChI=1S/C20H28N2O3/c1-16-3-5-17(6-4-16)13-19(25)21-10-2-8-20(14-21)9-7-18(24)22(15-20)11-12-23/h3-6,23H,2,7-15H2,1H3. The maximum absolute atomic E-state index is 12.8. The van der Waals surface area contributed by atoms with Gasteiger partial charge in [-0.3, -0.25) is 9.59 Å². The molecule has 1 atom stereocenters. The number of β-amino-alcohol motifs (C(OH)–C–C–N with tert-alkyl or cyclic N) is 1. The van der Waals surface area contributed by atoms with E-state index in [0.29, 0.717) is 25.9 Å². The number of amides is 2. The maximum atomic E-state index is 12.8. The molecule has 25 heavy (non-hydrogen) atoms. The van der Waals surface area contributed by atoms with Crippen molar-refractivity contribution in [2.24, 2.45) is 5.41 Å². The smallest absolute Gasteiger partial charge is 0.227 e. The van der Waals surface area contributed by atoms with Crippen molar-refractivity contribution in [1.29, 1.82) is 0 Å². The zero-order valence-electron chi connectivity index (χ0n) is 15.0.